The van der Waals surface area contributed by atoms with Crippen LogP contribution in [-0.4, -0.2) is 56.0 Å². The highest BCUT2D eigenvalue weighted by molar-refractivity contribution is 6.04. The molecule has 0 atom stereocenters. The number of para-hydroxylation sites is 1. The Balaban J connectivity index is 1.19. The highest BCUT2D eigenvalue weighted by atomic mass is 16.2. The van der Waals surface area contributed by atoms with Crippen LogP contribution in [0, 0.1) is 0 Å². The van der Waals surface area contributed by atoms with Gasteiger partial charge >= 0.3 is 0 Å². The SMILES string of the molecule is O=C(NCCN1CCN(c2ccccc2)CC1)c1ccc(NC(=O)c2ccccc2)cc1. The van der Waals surface area contributed by atoms with Crippen molar-refractivity contribution in [2.75, 3.05) is 49.5 Å². The van der Waals surface area contributed by atoms with Crippen molar-refractivity contribution in [3.8, 4) is 0 Å². The first kappa shape index (κ1) is 21.6. The summed E-state index contributed by atoms with van der Waals surface area (Å²) in [6.45, 7) is 5.40. The summed E-state index contributed by atoms with van der Waals surface area (Å²) in [6.07, 6.45) is 0. The van der Waals surface area contributed by atoms with Gasteiger partial charge in [0.2, 0.25) is 0 Å². The van der Waals surface area contributed by atoms with Gasteiger partial charge in [-0.25, -0.2) is 0 Å². The van der Waals surface area contributed by atoms with Crippen molar-refractivity contribution in [2.45, 2.75) is 0 Å². The summed E-state index contributed by atoms with van der Waals surface area (Å²) in [5.74, 6) is -0.274. The molecule has 1 saturated heterocycles. The molecule has 2 N–H and O–H groups in total. The van der Waals surface area contributed by atoms with Crippen molar-refractivity contribution < 1.29 is 9.59 Å². The third-order valence-corrected chi connectivity index (χ3v) is 5.65. The van der Waals surface area contributed by atoms with Gasteiger partial charge in [0.1, 0.15) is 0 Å². The average Bonchev–Trinajstić information content (AvgIpc) is 2.86. The second kappa shape index (κ2) is 10.6. The van der Waals surface area contributed by atoms with Crippen LogP contribution in [0.2, 0.25) is 0 Å². The van der Waals surface area contributed by atoms with Crippen LogP contribution >= 0.6 is 0 Å². The normalized spacial score (nSPS) is 14.1. The first-order chi connectivity index (χ1) is 15.7. The van der Waals surface area contributed by atoms with Crippen LogP contribution in [0.15, 0.2) is 84.9 Å². The lowest BCUT2D eigenvalue weighted by atomic mass is 10.1. The number of hydrogen-bond acceptors (Lipinski definition) is 4. The fraction of sp³-hybridized carbons (Fsp3) is 0.231. The molecule has 0 spiro atoms. The fourth-order valence-electron chi connectivity index (χ4n) is 3.80. The van der Waals surface area contributed by atoms with E-state index in [2.05, 4.69) is 44.7 Å². The summed E-state index contributed by atoms with van der Waals surface area (Å²) in [6, 6.07) is 26.5. The molecule has 1 fully saturated rings. The highest BCUT2D eigenvalue weighted by Gasteiger charge is 2.17. The highest BCUT2D eigenvalue weighted by Crippen LogP contribution is 2.15. The van der Waals surface area contributed by atoms with Gasteiger partial charge in [0.05, 0.1) is 0 Å². The molecule has 3 aromatic rings. The lowest BCUT2D eigenvalue weighted by molar-refractivity contribution is 0.0947. The summed E-state index contributed by atoms with van der Waals surface area (Å²) in [7, 11) is 0. The molecule has 1 aliphatic heterocycles. The van der Waals surface area contributed by atoms with E-state index in [4.69, 9.17) is 0 Å². The van der Waals surface area contributed by atoms with Crippen molar-refractivity contribution in [1.82, 2.24) is 10.2 Å². The standard InChI is InChI=1S/C26H28N4O2/c31-25(22-11-13-23(14-12-22)28-26(32)21-7-3-1-4-8-21)27-15-16-29-17-19-30(20-18-29)24-9-5-2-6-10-24/h1-14H,15-20H2,(H,27,31)(H,28,32). The molecule has 32 heavy (non-hydrogen) atoms. The number of anilines is 2. The maximum atomic E-state index is 12.5. The second-order valence-electron chi connectivity index (χ2n) is 7.82. The monoisotopic (exact) mass is 428 g/mol. The van der Waals surface area contributed by atoms with Gasteiger partial charge in [-0.1, -0.05) is 36.4 Å². The molecule has 0 aromatic heterocycles. The van der Waals surface area contributed by atoms with E-state index in [1.165, 1.54) is 5.69 Å². The zero-order valence-corrected chi connectivity index (χ0v) is 18.0. The van der Waals surface area contributed by atoms with Crippen LogP contribution in [0.25, 0.3) is 0 Å². The van der Waals surface area contributed by atoms with Crippen LogP contribution in [0.1, 0.15) is 20.7 Å². The lowest BCUT2D eigenvalue weighted by Gasteiger charge is -2.36. The van der Waals surface area contributed by atoms with Crippen molar-refractivity contribution in [3.05, 3.63) is 96.1 Å². The second-order valence-corrected chi connectivity index (χ2v) is 7.82. The number of benzene rings is 3. The first-order valence-electron chi connectivity index (χ1n) is 11.0. The van der Waals surface area contributed by atoms with Crippen LogP contribution in [0.4, 0.5) is 11.4 Å². The van der Waals surface area contributed by atoms with E-state index >= 15 is 0 Å². The average molecular weight is 429 g/mol. The van der Waals surface area contributed by atoms with Gasteiger partial charge in [-0.2, -0.15) is 0 Å². The minimum Gasteiger partial charge on any atom is -0.369 e. The van der Waals surface area contributed by atoms with Crippen molar-refractivity contribution in [2.24, 2.45) is 0 Å². The quantitative estimate of drug-likeness (QED) is 0.605. The fourth-order valence-corrected chi connectivity index (χ4v) is 3.80. The summed E-state index contributed by atoms with van der Waals surface area (Å²) in [5, 5.41) is 5.84. The van der Waals surface area contributed by atoms with E-state index in [9.17, 15) is 9.59 Å². The van der Waals surface area contributed by atoms with Gasteiger partial charge in [-0.15, -0.1) is 0 Å². The Bertz CT molecular complexity index is 1010. The van der Waals surface area contributed by atoms with Gasteiger partial charge in [0.25, 0.3) is 11.8 Å². The molecule has 4 rings (SSSR count). The summed E-state index contributed by atoms with van der Waals surface area (Å²) >= 11 is 0. The Morgan fingerprint density at radius 2 is 1.28 bits per heavy atom. The van der Waals surface area contributed by atoms with Crippen LogP contribution in [0.3, 0.4) is 0 Å². The minimum absolute atomic E-state index is 0.103. The minimum atomic E-state index is -0.171. The summed E-state index contributed by atoms with van der Waals surface area (Å²) in [5.41, 5.74) is 3.10. The Hall–Kier alpha value is -3.64. The van der Waals surface area contributed by atoms with Gasteiger partial charge in [0.15, 0.2) is 0 Å². The predicted octanol–water partition coefficient (Wildman–Crippen LogP) is 3.49. The molecule has 0 saturated carbocycles. The molecular weight excluding hydrogens is 400 g/mol. The third kappa shape index (κ3) is 5.74. The van der Waals surface area contributed by atoms with Gasteiger partial charge in [-0.05, 0) is 48.5 Å². The predicted molar refractivity (Wildman–Crippen MR) is 128 cm³/mol. The topological polar surface area (TPSA) is 64.7 Å². The zero-order chi connectivity index (χ0) is 22.2. The Labute approximate surface area is 188 Å². The number of carbonyl (C=O) groups excluding carboxylic acids is 2. The van der Waals surface area contributed by atoms with Crippen molar-refractivity contribution >= 4 is 23.2 Å². The number of hydrogen-bond donors (Lipinski definition) is 2. The van der Waals surface area contributed by atoms with E-state index in [1.54, 1.807) is 36.4 Å². The van der Waals surface area contributed by atoms with E-state index in [0.717, 1.165) is 32.7 Å². The Morgan fingerprint density at radius 1 is 0.688 bits per heavy atom. The smallest absolute Gasteiger partial charge is 0.255 e. The molecule has 0 unspecified atom stereocenters. The Kier molecular flexibility index (Phi) is 7.15. The molecule has 0 radical (unpaired) electrons. The summed E-state index contributed by atoms with van der Waals surface area (Å²) < 4.78 is 0. The molecule has 0 aliphatic carbocycles. The van der Waals surface area contributed by atoms with Crippen LogP contribution in [0.5, 0.6) is 0 Å². The van der Waals surface area contributed by atoms with E-state index < -0.39 is 0 Å². The summed E-state index contributed by atoms with van der Waals surface area (Å²) in [4.78, 5) is 29.5. The molecule has 2 amide bonds. The number of carbonyl (C=O) groups is 2. The van der Waals surface area contributed by atoms with Gasteiger partial charge < -0.3 is 15.5 Å². The number of nitrogens with one attached hydrogen (secondary N) is 2. The third-order valence-electron chi connectivity index (χ3n) is 5.65. The maximum Gasteiger partial charge on any atom is 0.255 e. The van der Waals surface area contributed by atoms with E-state index in [1.807, 2.05) is 24.3 Å². The molecule has 0 bridgehead atoms. The molecule has 3 aromatic carbocycles. The number of nitrogens with zero attached hydrogens (tertiary/aromatic N) is 2. The zero-order valence-electron chi connectivity index (χ0n) is 18.0. The van der Waals surface area contributed by atoms with Crippen molar-refractivity contribution in [1.29, 1.82) is 0 Å². The van der Waals surface area contributed by atoms with Gasteiger partial charge in [-0.3, -0.25) is 14.5 Å². The van der Waals surface area contributed by atoms with Crippen molar-refractivity contribution in [3.63, 3.8) is 0 Å². The molecule has 6 heteroatoms. The molecular formula is C26H28N4O2. The van der Waals surface area contributed by atoms with E-state index in [-0.39, 0.29) is 11.8 Å². The maximum absolute atomic E-state index is 12.5. The Morgan fingerprint density at radius 3 is 1.94 bits per heavy atom. The largest absolute Gasteiger partial charge is 0.369 e. The molecule has 1 heterocycles. The van der Waals surface area contributed by atoms with E-state index in [0.29, 0.717) is 23.4 Å². The van der Waals surface area contributed by atoms with Gasteiger partial charge in [0, 0.05) is 61.8 Å². The van der Waals surface area contributed by atoms with Crippen LogP contribution < -0.4 is 15.5 Å². The number of piperazine rings is 1. The lowest BCUT2D eigenvalue weighted by Crippen LogP contribution is -2.48. The molecule has 6 nitrogen and oxygen atoms in total. The molecule has 1 aliphatic rings. The van der Waals surface area contributed by atoms with Crippen LogP contribution in [-0.2, 0) is 0 Å². The molecule has 164 valence electrons. The number of amides is 2. The number of rotatable bonds is 7. The first-order valence-corrected chi connectivity index (χ1v) is 11.0.